The molecule has 22 heavy (non-hydrogen) atoms. The third-order valence-corrected chi connectivity index (χ3v) is 5.45. The van der Waals surface area contributed by atoms with E-state index in [1.807, 2.05) is 24.3 Å². The quantitative estimate of drug-likeness (QED) is 0.617. The van der Waals surface area contributed by atoms with E-state index in [0.29, 0.717) is 24.5 Å². The summed E-state index contributed by atoms with van der Waals surface area (Å²) in [6.45, 7) is 0.519. The number of ether oxygens (including phenoxy) is 1. The Morgan fingerprint density at radius 1 is 1.41 bits per heavy atom. The van der Waals surface area contributed by atoms with Crippen LogP contribution in [0.4, 0.5) is 0 Å². The lowest BCUT2D eigenvalue weighted by atomic mass is 10.2. The van der Waals surface area contributed by atoms with Crippen LogP contribution in [-0.2, 0) is 6.54 Å². The van der Waals surface area contributed by atoms with Gasteiger partial charge in [-0.2, -0.15) is 0 Å². The molecule has 1 fully saturated rings. The Balaban J connectivity index is 1.55. The summed E-state index contributed by atoms with van der Waals surface area (Å²) in [5, 5.41) is 3.30. The molecule has 6 heteroatoms. The van der Waals surface area contributed by atoms with Gasteiger partial charge in [0.05, 0.1) is 17.4 Å². The number of hydrogen-bond acceptors (Lipinski definition) is 3. The Morgan fingerprint density at radius 2 is 2.23 bits per heavy atom. The first-order valence-electron chi connectivity index (χ1n) is 7.11. The molecule has 2 atom stereocenters. The van der Waals surface area contributed by atoms with Crippen LogP contribution in [0.3, 0.4) is 0 Å². The highest BCUT2D eigenvalue weighted by molar-refractivity contribution is 9.11. The lowest BCUT2D eigenvalue weighted by molar-refractivity contribution is 0.410. The third-order valence-electron chi connectivity index (χ3n) is 3.70. The minimum atomic E-state index is 0.395. The Labute approximate surface area is 142 Å². The number of guanidine groups is 1. The van der Waals surface area contributed by atoms with Crippen LogP contribution in [0.15, 0.2) is 45.2 Å². The van der Waals surface area contributed by atoms with Crippen molar-refractivity contribution < 1.29 is 4.74 Å². The molecule has 0 spiro atoms. The largest absolute Gasteiger partial charge is 0.496 e. The van der Waals surface area contributed by atoms with Crippen LogP contribution in [0.5, 0.6) is 5.75 Å². The number of nitrogens with one attached hydrogen (secondary N) is 1. The van der Waals surface area contributed by atoms with Gasteiger partial charge in [-0.3, -0.25) is 0 Å². The first kappa shape index (κ1) is 15.4. The molecule has 1 heterocycles. The summed E-state index contributed by atoms with van der Waals surface area (Å²) in [6, 6.07) is 12.5. The standard InChI is InChI=1S/C16H18BrN3OS/c1-21-13-5-3-2-4-10(13)9-19-16(18)20-12-8-11(12)14-6-7-15(17)22-14/h2-7,11-12H,8-9H2,1H3,(H3,18,19,20)/t11-,12-/m1/s1. The number of nitrogens with zero attached hydrogens (tertiary/aromatic N) is 1. The zero-order valence-electron chi connectivity index (χ0n) is 12.3. The average molecular weight is 380 g/mol. The maximum atomic E-state index is 5.99. The Hall–Kier alpha value is -1.53. The van der Waals surface area contributed by atoms with E-state index in [4.69, 9.17) is 10.5 Å². The highest BCUT2D eigenvalue weighted by Gasteiger charge is 2.39. The molecule has 4 nitrogen and oxygen atoms in total. The second kappa shape index (κ2) is 6.71. The number of nitrogens with two attached hydrogens (primary N) is 1. The Morgan fingerprint density at radius 3 is 2.95 bits per heavy atom. The van der Waals surface area contributed by atoms with Crippen LogP contribution in [0.2, 0.25) is 0 Å². The molecule has 0 amide bonds. The number of para-hydroxylation sites is 1. The summed E-state index contributed by atoms with van der Waals surface area (Å²) in [4.78, 5) is 5.80. The molecular weight excluding hydrogens is 362 g/mol. The van der Waals surface area contributed by atoms with E-state index in [9.17, 15) is 0 Å². The van der Waals surface area contributed by atoms with Crippen LogP contribution in [0.25, 0.3) is 0 Å². The van der Waals surface area contributed by atoms with Gasteiger partial charge in [0, 0.05) is 22.4 Å². The average Bonchev–Trinajstić information content (AvgIpc) is 3.15. The van der Waals surface area contributed by atoms with E-state index in [2.05, 4.69) is 38.4 Å². The zero-order valence-corrected chi connectivity index (χ0v) is 14.7. The van der Waals surface area contributed by atoms with Crippen LogP contribution < -0.4 is 15.8 Å². The monoisotopic (exact) mass is 379 g/mol. The van der Waals surface area contributed by atoms with E-state index in [1.54, 1.807) is 18.4 Å². The molecule has 0 unspecified atom stereocenters. The number of aliphatic imine (C=N–C) groups is 1. The number of methoxy groups -OCH3 is 1. The fourth-order valence-corrected chi connectivity index (χ4v) is 4.04. The van der Waals surface area contributed by atoms with Crippen molar-refractivity contribution in [3.05, 3.63) is 50.6 Å². The first-order chi connectivity index (χ1) is 10.7. The molecule has 1 aromatic carbocycles. The van der Waals surface area contributed by atoms with Crippen LogP contribution >= 0.6 is 27.3 Å². The van der Waals surface area contributed by atoms with Gasteiger partial charge in [0.2, 0.25) is 0 Å². The second-order valence-electron chi connectivity index (χ2n) is 5.25. The van der Waals surface area contributed by atoms with E-state index in [1.165, 1.54) is 8.66 Å². The predicted octanol–water partition coefficient (Wildman–Crippen LogP) is 3.48. The van der Waals surface area contributed by atoms with Gasteiger partial charge in [0.1, 0.15) is 5.75 Å². The summed E-state index contributed by atoms with van der Waals surface area (Å²) in [5.74, 6) is 1.89. The molecule has 1 aromatic heterocycles. The highest BCUT2D eigenvalue weighted by Crippen LogP contribution is 2.44. The normalized spacial score (nSPS) is 20.7. The molecule has 116 valence electrons. The van der Waals surface area contributed by atoms with Gasteiger partial charge in [0.15, 0.2) is 5.96 Å². The Bertz CT molecular complexity index is 686. The van der Waals surface area contributed by atoms with Crippen molar-refractivity contribution in [2.45, 2.75) is 24.9 Å². The fraction of sp³-hybridized carbons (Fsp3) is 0.312. The van der Waals surface area contributed by atoms with Crippen LogP contribution in [-0.4, -0.2) is 19.1 Å². The SMILES string of the molecule is COc1ccccc1CN=C(N)N[C@@H]1C[C@H]1c1ccc(Br)s1. The minimum absolute atomic E-state index is 0.395. The molecule has 0 aliphatic heterocycles. The van der Waals surface area contributed by atoms with Crippen molar-refractivity contribution >= 4 is 33.2 Å². The molecule has 1 aliphatic rings. The van der Waals surface area contributed by atoms with Gasteiger partial charge < -0.3 is 15.8 Å². The van der Waals surface area contributed by atoms with Gasteiger partial charge in [-0.25, -0.2) is 4.99 Å². The van der Waals surface area contributed by atoms with Crippen molar-refractivity contribution in [3.8, 4) is 5.75 Å². The maximum absolute atomic E-state index is 5.99. The predicted molar refractivity (Wildman–Crippen MR) is 94.6 cm³/mol. The molecule has 3 N–H and O–H groups in total. The van der Waals surface area contributed by atoms with Crippen LogP contribution in [0.1, 0.15) is 22.8 Å². The summed E-state index contributed by atoms with van der Waals surface area (Å²) in [7, 11) is 1.66. The van der Waals surface area contributed by atoms with Gasteiger partial charge in [-0.1, -0.05) is 18.2 Å². The van der Waals surface area contributed by atoms with Crippen molar-refractivity contribution in [1.29, 1.82) is 0 Å². The lowest BCUT2D eigenvalue weighted by Crippen LogP contribution is -2.34. The summed E-state index contributed by atoms with van der Waals surface area (Å²) in [5.41, 5.74) is 7.02. The molecule has 0 bridgehead atoms. The van der Waals surface area contributed by atoms with Crippen LogP contribution in [0, 0.1) is 0 Å². The molecule has 1 saturated carbocycles. The highest BCUT2D eigenvalue weighted by atomic mass is 79.9. The van der Waals surface area contributed by atoms with Crippen molar-refractivity contribution in [2.75, 3.05) is 7.11 Å². The third kappa shape index (κ3) is 3.62. The molecular formula is C16H18BrN3OS. The van der Waals surface area contributed by atoms with Gasteiger partial charge >= 0.3 is 0 Å². The van der Waals surface area contributed by atoms with E-state index >= 15 is 0 Å². The molecule has 2 aromatic rings. The topological polar surface area (TPSA) is 59.6 Å². The summed E-state index contributed by atoms with van der Waals surface area (Å²) >= 11 is 5.28. The van der Waals surface area contributed by atoms with E-state index in [-0.39, 0.29) is 0 Å². The number of benzene rings is 1. The van der Waals surface area contributed by atoms with Gasteiger partial charge in [-0.15, -0.1) is 11.3 Å². The van der Waals surface area contributed by atoms with Gasteiger partial charge in [0.25, 0.3) is 0 Å². The van der Waals surface area contributed by atoms with E-state index < -0.39 is 0 Å². The van der Waals surface area contributed by atoms with Crippen molar-refractivity contribution in [3.63, 3.8) is 0 Å². The summed E-state index contributed by atoms with van der Waals surface area (Å²) < 4.78 is 6.49. The zero-order chi connectivity index (χ0) is 15.5. The molecule has 3 rings (SSSR count). The minimum Gasteiger partial charge on any atom is -0.496 e. The second-order valence-corrected chi connectivity index (χ2v) is 7.74. The Kier molecular flexibility index (Phi) is 4.69. The number of rotatable bonds is 5. The van der Waals surface area contributed by atoms with Crippen molar-refractivity contribution in [1.82, 2.24) is 5.32 Å². The molecule has 0 saturated heterocycles. The number of thiophene rings is 1. The molecule has 0 radical (unpaired) electrons. The smallest absolute Gasteiger partial charge is 0.189 e. The lowest BCUT2D eigenvalue weighted by Gasteiger charge is -2.07. The number of hydrogen-bond donors (Lipinski definition) is 2. The summed E-state index contributed by atoms with van der Waals surface area (Å²) in [6.07, 6.45) is 1.11. The van der Waals surface area contributed by atoms with Crippen molar-refractivity contribution in [2.24, 2.45) is 10.7 Å². The number of halogens is 1. The fourth-order valence-electron chi connectivity index (χ4n) is 2.44. The van der Waals surface area contributed by atoms with Gasteiger partial charge in [-0.05, 0) is 40.5 Å². The first-order valence-corrected chi connectivity index (χ1v) is 8.72. The maximum Gasteiger partial charge on any atom is 0.189 e. The van der Waals surface area contributed by atoms with E-state index in [0.717, 1.165) is 17.7 Å². The molecule has 1 aliphatic carbocycles.